The van der Waals surface area contributed by atoms with Crippen molar-refractivity contribution in [1.82, 2.24) is 30.5 Å². The Labute approximate surface area is 276 Å². The minimum absolute atomic E-state index is 0.0553. The number of esters is 1. The second kappa shape index (κ2) is 14.2. The predicted octanol–water partition coefficient (Wildman–Crippen LogP) is 2.74. The number of carbonyl (C=O) groups excluding carboxylic acids is 5. The van der Waals surface area contributed by atoms with Crippen LogP contribution in [-0.2, 0) is 35.1 Å². The Bertz CT molecular complexity index is 1340. The van der Waals surface area contributed by atoms with E-state index in [9.17, 15) is 24.0 Å². The van der Waals surface area contributed by atoms with Gasteiger partial charge in [-0.15, -0.1) is 11.3 Å². The Hall–Kier alpha value is -3.04. The van der Waals surface area contributed by atoms with Gasteiger partial charge in [0, 0.05) is 26.6 Å². The summed E-state index contributed by atoms with van der Waals surface area (Å²) in [6.45, 7) is 9.70. The Morgan fingerprint density at radius 1 is 1.13 bits per heavy atom. The molecule has 0 aromatic carbocycles. The highest BCUT2D eigenvalue weighted by atomic mass is 79.9. The highest BCUT2D eigenvalue weighted by molar-refractivity contribution is 9.11. The van der Waals surface area contributed by atoms with Gasteiger partial charge in [0.05, 0.1) is 29.6 Å². The molecule has 1 aromatic heterocycles. The minimum Gasteiger partial charge on any atom is -0.468 e. The molecule has 2 saturated heterocycles. The number of aromatic nitrogens is 1. The van der Waals surface area contributed by atoms with Crippen molar-refractivity contribution in [3.63, 3.8) is 0 Å². The maximum Gasteiger partial charge on any atom is 0.410 e. The SMILES string of the molecule is COC(=O)[C@@H]1CCCN(C(=O)[C@@H]2Cc3nc(Br)sc3/C=C\[C@@H]3[C@H](CCN3C(=O)OC(C)(C)C)C(=O)N(C)[C@@H](C(C)C)C(=O)N2)N1. The average Bonchev–Trinajstić information content (AvgIpc) is 3.55. The molecule has 1 aromatic rings. The number of fused-ring (bicyclic) bond motifs is 2. The first-order valence-electron chi connectivity index (χ1n) is 15.2. The number of thiazole rings is 1. The van der Waals surface area contributed by atoms with Crippen LogP contribution in [0.2, 0.25) is 0 Å². The third kappa shape index (κ3) is 8.04. The molecule has 5 atom stereocenters. The maximum atomic E-state index is 14.1. The lowest BCUT2D eigenvalue weighted by molar-refractivity contribution is -0.151. The molecule has 3 aliphatic rings. The summed E-state index contributed by atoms with van der Waals surface area (Å²) in [5.74, 6) is -2.58. The fourth-order valence-electron chi connectivity index (χ4n) is 6.07. The van der Waals surface area contributed by atoms with Crippen LogP contribution in [-0.4, -0.2) is 107 Å². The summed E-state index contributed by atoms with van der Waals surface area (Å²) >= 11 is 4.79. The van der Waals surface area contributed by atoms with Crippen molar-refractivity contribution in [2.75, 3.05) is 27.2 Å². The molecule has 13 nitrogen and oxygen atoms in total. The van der Waals surface area contributed by atoms with Gasteiger partial charge in [0.1, 0.15) is 23.7 Å². The van der Waals surface area contributed by atoms with Gasteiger partial charge in [-0.25, -0.2) is 15.2 Å². The number of carbonyl (C=O) groups is 5. The molecule has 0 saturated carbocycles. The van der Waals surface area contributed by atoms with Crippen LogP contribution in [0.25, 0.3) is 6.08 Å². The monoisotopic (exact) mass is 710 g/mol. The van der Waals surface area contributed by atoms with E-state index in [1.807, 2.05) is 26.0 Å². The van der Waals surface area contributed by atoms with E-state index < -0.39 is 59.6 Å². The van der Waals surface area contributed by atoms with Gasteiger partial charge < -0.3 is 24.6 Å². The van der Waals surface area contributed by atoms with Crippen molar-refractivity contribution < 1.29 is 33.4 Å². The number of halogens is 1. The Morgan fingerprint density at radius 2 is 1.84 bits per heavy atom. The van der Waals surface area contributed by atoms with E-state index in [2.05, 4.69) is 31.7 Å². The summed E-state index contributed by atoms with van der Waals surface area (Å²) in [7, 11) is 2.88. The smallest absolute Gasteiger partial charge is 0.410 e. The normalized spacial score (nSPS) is 27.0. The molecule has 0 spiro atoms. The number of likely N-dealkylation sites (tertiary alicyclic amines) is 1. The zero-order valence-electron chi connectivity index (χ0n) is 26.8. The van der Waals surface area contributed by atoms with Crippen LogP contribution in [0.5, 0.6) is 0 Å². The first-order chi connectivity index (χ1) is 21.1. The molecule has 248 valence electrons. The molecule has 4 amide bonds. The molecule has 4 rings (SSSR count). The van der Waals surface area contributed by atoms with Crippen LogP contribution in [0.3, 0.4) is 0 Å². The Balaban J connectivity index is 1.75. The fourth-order valence-corrected chi connectivity index (χ4v) is 7.54. The maximum absolute atomic E-state index is 14.1. The zero-order chi connectivity index (χ0) is 33.2. The first-order valence-corrected chi connectivity index (χ1v) is 16.8. The molecule has 2 N–H and O–H groups in total. The van der Waals surface area contributed by atoms with Gasteiger partial charge in [-0.05, 0) is 68.0 Å². The van der Waals surface area contributed by atoms with Gasteiger partial charge in [0.25, 0.3) is 5.91 Å². The third-order valence-electron chi connectivity index (χ3n) is 8.16. The van der Waals surface area contributed by atoms with Gasteiger partial charge in [-0.2, -0.15) is 0 Å². The van der Waals surface area contributed by atoms with Gasteiger partial charge in [-0.1, -0.05) is 19.9 Å². The van der Waals surface area contributed by atoms with E-state index in [-0.39, 0.29) is 18.2 Å². The number of methoxy groups -OCH3 is 1. The first kappa shape index (κ1) is 34.8. The molecule has 0 unspecified atom stereocenters. The summed E-state index contributed by atoms with van der Waals surface area (Å²) in [6, 6.07) is -3.26. The zero-order valence-corrected chi connectivity index (χ0v) is 29.2. The lowest BCUT2D eigenvalue weighted by atomic mass is 9.95. The highest BCUT2D eigenvalue weighted by Gasteiger charge is 2.45. The largest absolute Gasteiger partial charge is 0.468 e. The number of hydrogen-bond donors (Lipinski definition) is 2. The van der Waals surface area contributed by atoms with Crippen molar-refractivity contribution in [3.05, 3.63) is 20.6 Å². The molecule has 45 heavy (non-hydrogen) atoms. The minimum atomic E-state index is -1.05. The Kier molecular flexibility index (Phi) is 11.0. The summed E-state index contributed by atoms with van der Waals surface area (Å²) in [5, 5.41) is 4.27. The molecular formula is C30H43BrN6O7S. The van der Waals surface area contributed by atoms with E-state index in [0.29, 0.717) is 46.8 Å². The number of nitrogens with zero attached hydrogens (tertiary/aromatic N) is 4. The quantitative estimate of drug-likeness (QED) is 0.452. The number of hydrogen-bond acceptors (Lipinski definition) is 10. The van der Waals surface area contributed by atoms with Crippen LogP contribution in [0, 0.1) is 11.8 Å². The molecule has 0 radical (unpaired) electrons. The van der Waals surface area contributed by atoms with Crippen LogP contribution in [0.4, 0.5) is 4.79 Å². The molecular weight excluding hydrogens is 668 g/mol. The van der Waals surface area contributed by atoms with Crippen molar-refractivity contribution in [2.45, 2.75) is 90.1 Å². The van der Waals surface area contributed by atoms with E-state index in [1.165, 1.54) is 28.4 Å². The van der Waals surface area contributed by atoms with E-state index in [4.69, 9.17) is 9.47 Å². The van der Waals surface area contributed by atoms with Crippen molar-refractivity contribution >= 4 is 63.1 Å². The number of hydrazine groups is 1. The van der Waals surface area contributed by atoms with Crippen LogP contribution in [0.15, 0.2) is 9.99 Å². The summed E-state index contributed by atoms with van der Waals surface area (Å²) in [4.78, 5) is 75.8. The predicted molar refractivity (Wildman–Crippen MR) is 171 cm³/mol. The molecule has 2 fully saturated rings. The van der Waals surface area contributed by atoms with Crippen molar-refractivity contribution in [1.29, 1.82) is 0 Å². The lowest BCUT2D eigenvalue weighted by Crippen LogP contribution is -2.62. The highest BCUT2D eigenvalue weighted by Crippen LogP contribution is 2.33. The number of likely N-dealkylation sites (N-methyl/N-ethyl adjacent to an activating group) is 1. The van der Waals surface area contributed by atoms with Gasteiger partial charge in [0.15, 0.2) is 3.92 Å². The molecule has 15 heteroatoms. The average molecular weight is 712 g/mol. The van der Waals surface area contributed by atoms with Crippen LogP contribution >= 0.6 is 27.3 Å². The number of ether oxygens (including phenoxy) is 2. The Morgan fingerprint density at radius 3 is 2.49 bits per heavy atom. The number of rotatable bonds is 3. The number of nitrogens with one attached hydrogen (secondary N) is 2. The lowest BCUT2D eigenvalue weighted by Gasteiger charge is -2.36. The third-order valence-corrected chi connectivity index (χ3v) is 9.67. The van der Waals surface area contributed by atoms with Gasteiger partial charge >= 0.3 is 12.1 Å². The molecule has 3 aliphatic heterocycles. The van der Waals surface area contributed by atoms with E-state index >= 15 is 0 Å². The van der Waals surface area contributed by atoms with E-state index in [1.54, 1.807) is 32.7 Å². The van der Waals surface area contributed by atoms with Gasteiger partial charge in [0.2, 0.25) is 11.8 Å². The summed E-state index contributed by atoms with van der Waals surface area (Å²) < 4.78 is 11.1. The summed E-state index contributed by atoms with van der Waals surface area (Å²) in [6.07, 6.45) is 4.64. The summed E-state index contributed by atoms with van der Waals surface area (Å²) in [5.41, 5.74) is 2.79. The molecule has 0 bridgehead atoms. The molecule has 4 heterocycles. The van der Waals surface area contributed by atoms with Gasteiger partial charge in [-0.3, -0.25) is 24.2 Å². The van der Waals surface area contributed by atoms with E-state index in [0.717, 1.165) is 0 Å². The van der Waals surface area contributed by atoms with Crippen LogP contribution < -0.4 is 10.7 Å². The topological polar surface area (TPSA) is 150 Å². The second-order valence-corrected chi connectivity index (χ2v) is 15.2. The standard InChI is InChI=1S/C30H43BrN6O7S/c1-16(2)23-24(38)32-20(26(40)37-13-8-9-18(34-37)27(41)43-7)15-19-22(45-28(31)33-19)11-10-21-17(25(39)35(23)6)12-14-36(21)29(42)44-30(3,4)5/h10-11,16-18,20-21,23,34H,8-9,12-15H2,1-7H3,(H,32,38)/b11-10-/t17-,18-,20-,21+,23-/m0/s1. The molecule has 0 aliphatic carbocycles. The van der Waals surface area contributed by atoms with Crippen molar-refractivity contribution in [3.8, 4) is 0 Å². The second-order valence-electron chi connectivity index (χ2n) is 12.9. The fraction of sp³-hybridized carbons (Fsp3) is 0.667. The number of amides is 4. The van der Waals surface area contributed by atoms with Crippen molar-refractivity contribution in [2.24, 2.45) is 11.8 Å². The van der Waals surface area contributed by atoms with Crippen LogP contribution in [0.1, 0.15) is 64.5 Å².